The summed E-state index contributed by atoms with van der Waals surface area (Å²) < 4.78 is 6.92. The Labute approximate surface area is 160 Å². The molecule has 1 aromatic heterocycles. The molecule has 0 saturated carbocycles. The van der Waals surface area contributed by atoms with Crippen molar-refractivity contribution in [1.82, 2.24) is 20.4 Å². The van der Waals surface area contributed by atoms with E-state index < -0.39 is 0 Å². The molecular formula is C17H26IN5O. The second-order valence-electron chi connectivity index (χ2n) is 5.15. The average Bonchev–Trinajstić information content (AvgIpc) is 3.07. The Morgan fingerprint density at radius 2 is 1.96 bits per heavy atom. The molecule has 0 amide bonds. The third-order valence-electron chi connectivity index (χ3n) is 3.40. The summed E-state index contributed by atoms with van der Waals surface area (Å²) in [6.07, 6.45) is 5.82. The SMILES string of the molecule is CN=C(NCCCOC)NCCc1cnn(-c2ccccc2)c1.I. The maximum atomic E-state index is 5.03. The second-order valence-corrected chi connectivity index (χ2v) is 5.15. The summed E-state index contributed by atoms with van der Waals surface area (Å²) >= 11 is 0. The Bertz CT molecular complexity index is 600. The molecule has 0 saturated heterocycles. The van der Waals surface area contributed by atoms with Crippen molar-refractivity contribution in [2.75, 3.05) is 33.9 Å². The molecule has 0 atom stereocenters. The highest BCUT2D eigenvalue weighted by atomic mass is 127. The summed E-state index contributed by atoms with van der Waals surface area (Å²) in [7, 11) is 3.49. The molecule has 0 unspecified atom stereocenters. The zero-order valence-corrected chi connectivity index (χ0v) is 16.6. The fraction of sp³-hybridized carbons (Fsp3) is 0.412. The van der Waals surface area contributed by atoms with E-state index in [2.05, 4.69) is 26.9 Å². The Morgan fingerprint density at radius 3 is 2.67 bits per heavy atom. The number of ether oxygens (including phenoxy) is 1. The number of para-hydroxylation sites is 1. The van der Waals surface area contributed by atoms with Gasteiger partial charge in [0.25, 0.3) is 0 Å². The van der Waals surface area contributed by atoms with Crippen LogP contribution in [0.15, 0.2) is 47.7 Å². The molecule has 0 spiro atoms. The first kappa shape index (κ1) is 20.4. The number of aliphatic imine (C=N–C) groups is 1. The van der Waals surface area contributed by atoms with Crippen LogP contribution in [0.3, 0.4) is 0 Å². The predicted molar refractivity (Wildman–Crippen MR) is 109 cm³/mol. The summed E-state index contributed by atoms with van der Waals surface area (Å²) in [5.74, 6) is 0.816. The Kier molecular flexibility index (Phi) is 10.1. The topological polar surface area (TPSA) is 63.5 Å². The number of nitrogens with zero attached hydrogens (tertiary/aromatic N) is 3. The van der Waals surface area contributed by atoms with Crippen LogP contribution in [0.1, 0.15) is 12.0 Å². The van der Waals surface area contributed by atoms with E-state index in [-0.39, 0.29) is 24.0 Å². The lowest BCUT2D eigenvalue weighted by Crippen LogP contribution is -2.38. The van der Waals surface area contributed by atoms with Crippen LogP contribution in [0, 0.1) is 0 Å². The molecular weight excluding hydrogens is 417 g/mol. The smallest absolute Gasteiger partial charge is 0.190 e. The fourth-order valence-corrected chi connectivity index (χ4v) is 2.18. The van der Waals surface area contributed by atoms with Gasteiger partial charge in [-0.25, -0.2) is 4.68 Å². The summed E-state index contributed by atoms with van der Waals surface area (Å²) in [6.45, 7) is 2.41. The van der Waals surface area contributed by atoms with Crippen LogP contribution in [-0.2, 0) is 11.2 Å². The molecule has 0 fully saturated rings. The number of guanidine groups is 1. The van der Waals surface area contributed by atoms with Crippen LogP contribution in [0.4, 0.5) is 0 Å². The first-order valence-corrected chi connectivity index (χ1v) is 7.86. The van der Waals surface area contributed by atoms with E-state index in [1.165, 1.54) is 5.56 Å². The summed E-state index contributed by atoms with van der Waals surface area (Å²) in [4.78, 5) is 4.20. The van der Waals surface area contributed by atoms with E-state index in [4.69, 9.17) is 4.74 Å². The molecule has 24 heavy (non-hydrogen) atoms. The number of methoxy groups -OCH3 is 1. The zero-order chi connectivity index (χ0) is 16.3. The molecule has 0 aliphatic heterocycles. The van der Waals surface area contributed by atoms with Gasteiger partial charge in [0.15, 0.2) is 5.96 Å². The van der Waals surface area contributed by atoms with E-state index in [1.54, 1.807) is 14.2 Å². The molecule has 2 aromatic rings. The average molecular weight is 443 g/mol. The van der Waals surface area contributed by atoms with E-state index in [1.807, 2.05) is 41.2 Å². The van der Waals surface area contributed by atoms with Crippen LogP contribution >= 0.6 is 24.0 Å². The van der Waals surface area contributed by atoms with Crippen LogP contribution in [-0.4, -0.2) is 49.6 Å². The third-order valence-corrected chi connectivity index (χ3v) is 3.40. The minimum atomic E-state index is 0. The molecule has 132 valence electrons. The molecule has 0 aliphatic carbocycles. The maximum Gasteiger partial charge on any atom is 0.190 e. The van der Waals surface area contributed by atoms with Gasteiger partial charge in [0, 0.05) is 40.1 Å². The molecule has 1 heterocycles. The molecule has 2 rings (SSSR count). The molecule has 7 heteroatoms. The van der Waals surface area contributed by atoms with Crippen LogP contribution < -0.4 is 10.6 Å². The Morgan fingerprint density at radius 1 is 1.21 bits per heavy atom. The van der Waals surface area contributed by atoms with E-state index in [9.17, 15) is 0 Å². The normalized spacial score (nSPS) is 11.0. The van der Waals surface area contributed by atoms with Crippen molar-refractivity contribution in [3.8, 4) is 5.69 Å². The van der Waals surface area contributed by atoms with Gasteiger partial charge in [-0.05, 0) is 30.5 Å². The van der Waals surface area contributed by atoms with Crippen molar-refractivity contribution in [2.24, 2.45) is 4.99 Å². The molecule has 0 aliphatic rings. The summed E-state index contributed by atoms with van der Waals surface area (Å²) in [5, 5.41) is 11.0. The van der Waals surface area contributed by atoms with E-state index in [0.29, 0.717) is 0 Å². The summed E-state index contributed by atoms with van der Waals surface area (Å²) in [5.41, 5.74) is 2.26. The van der Waals surface area contributed by atoms with Crippen molar-refractivity contribution >= 4 is 29.9 Å². The quantitative estimate of drug-likeness (QED) is 0.284. The van der Waals surface area contributed by atoms with Gasteiger partial charge in [-0.3, -0.25) is 4.99 Å². The van der Waals surface area contributed by atoms with E-state index in [0.717, 1.165) is 44.2 Å². The monoisotopic (exact) mass is 443 g/mol. The Balaban J connectivity index is 0.00000288. The molecule has 0 radical (unpaired) electrons. The first-order valence-electron chi connectivity index (χ1n) is 7.86. The van der Waals surface area contributed by atoms with Gasteiger partial charge in [-0.15, -0.1) is 24.0 Å². The molecule has 6 nitrogen and oxygen atoms in total. The van der Waals surface area contributed by atoms with Crippen molar-refractivity contribution < 1.29 is 4.74 Å². The van der Waals surface area contributed by atoms with Crippen LogP contribution in [0.5, 0.6) is 0 Å². The van der Waals surface area contributed by atoms with Crippen molar-refractivity contribution in [3.63, 3.8) is 0 Å². The highest BCUT2D eigenvalue weighted by molar-refractivity contribution is 14.0. The van der Waals surface area contributed by atoms with Gasteiger partial charge in [0.1, 0.15) is 0 Å². The standard InChI is InChI=1S/C17H25N5O.HI/c1-18-17(19-10-6-12-23-2)20-11-9-15-13-21-22(14-15)16-7-4-3-5-8-16;/h3-5,7-8,13-14H,6,9-12H2,1-2H3,(H2,18,19,20);1H. The lowest BCUT2D eigenvalue weighted by molar-refractivity contribution is 0.195. The van der Waals surface area contributed by atoms with Gasteiger partial charge in [0.2, 0.25) is 0 Å². The highest BCUT2D eigenvalue weighted by Crippen LogP contribution is 2.07. The largest absolute Gasteiger partial charge is 0.385 e. The van der Waals surface area contributed by atoms with Crippen molar-refractivity contribution in [1.29, 1.82) is 0 Å². The minimum absolute atomic E-state index is 0. The van der Waals surface area contributed by atoms with Crippen LogP contribution in [0.25, 0.3) is 5.69 Å². The summed E-state index contributed by atoms with van der Waals surface area (Å²) in [6, 6.07) is 10.1. The van der Waals surface area contributed by atoms with Crippen LogP contribution in [0.2, 0.25) is 0 Å². The first-order chi connectivity index (χ1) is 11.3. The fourth-order valence-electron chi connectivity index (χ4n) is 2.18. The van der Waals surface area contributed by atoms with Gasteiger partial charge in [-0.1, -0.05) is 18.2 Å². The number of benzene rings is 1. The number of aromatic nitrogens is 2. The molecule has 0 bridgehead atoms. The number of rotatable bonds is 8. The Hall–Kier alpha value is -1.61. The lowest BCUT2D eigenvalue weighted by atomic mass is 10.2. The lowest BCUT2D eigenvalue weighted by Gasteiger charge is -2.11. The zero-order valence-electron chi connectivity index (χ0n) is 14.2. The van der Waals surface area contributed by atoms with E-state index >= 15 is 0 Å². The number of nitrogens with one attached hydrogen (secondary N) is 2. The van der Waals surface area contributed by atoms with Crippen molar-refractivity contribution in [2.45, 2.75) is 12.8 Å². The number of hydrogen-bond donors (Lipinski definition) is 2. The maximum absolute atomic E-state index is 5.03. The number of hydrogen-bond acceptors (Lipinski definition) is 3. The minimum Gasteiger partial charge on any atom is -0.385 e. The predicted octanol–water partition coefficient (Wildman–Crippen LogP) is 2.23. The highest BCUT2D eigenvalue weighted by Gasteiger charge is 2.02. The van der Waals surface area contributed by atoms with Crippen molar-refractivity contribution in [3.05, 3.63) is 48.3 Å². The van der Waals surface area contributed by atoms with Gasteiger partial charge < -0.3 is 15.4 Å². The molecule has 1 aromatic carbocycles. The number of halogens is 1. The van der Waals surface area contributed by atoms with Gasteiger partial charge in [0.05, 0.1) is 11.9 Å². The molecule has 2 N–H and O–H groups in total. The van der Waals surface area contributed by atoms with Gasteiger partial charge >= 0.3 is 0 Å². The second kappa shape index (κ2) is 11.9. The third kappa shape index (κ3) is 6.88. The van der Waals surface area contributed by atoms with Gasteiger partial charge in [-0.2, -0.15) is 5.10 Å².